The zero-order valence-electron chi connectivity index (χ0n) is 10.3. The van der Waals surface area contributed by atoms with E-state index in [1.807, 2.05) is 0 Å². The Bertz CT molecular complexity index is 506. The van der Waals surface area contributed by atoms with Crippen molar-refractivity contribution in [2.24, 2.45) is 0 Å². The van der Waals surface area contributed by atoms with Gasteiger partial charge in [0.05, 0.1) is 12.1 Å². The van der Waals surface area contributed by atoms with Gasteiger partial charge >= 0.3 is 0 Å². The van der Waals surface area contributed by atoms with E-state index in [1.54, 1.807) is 18.6 Å². The Morgan fingerprint density at radius 1 is 1.39 bits per heavy atom. The summed E-state index contributed by atoms with van der Waals surface area (Å²) < 4.78 is 5.29. The lowest BCUT2D eigenvalue weighted by molar-refractivity contribution is 0.125. The molecule has 1 aliphatic rings. The van der Waals surface area contributed by atoms with Crippen molar-refractivity contribution in [3.05, 3.63) is 24.5 Å². The first kappa shape index (κ1) is 11.3. The average molecular weight is 245 g/mol. The van der Waals surface area contributed by atoms with Crippen LogP contribution in [0.15, 0.2) is 23.1 Å². The van der Waals surface area contributed by atoms with Gasteiger partial charge in [-0.3, -0.25) is 4.98 Å². The summed E-state index contributed by atoms with van der Waals surface area (Å²) in [6.07, 6.45) is 6.07. The molecule has 18 heavy (non-hydrogen) atoms. The molecule has 1 saturated heterocycles. The highest BCUT2D eigenvalue weighted by molar-refractivity contribution is 5.45. The maximum atomic E-state index is 5.29. The van der Waals surface area contributed by atoms with Crippen molar-refractivity contribution in [3.8, 4) is 11.5 Å². The van der Waals surface area contributed by atoms with Gasteiger partial charge in [0.2, 0.25) is 11.7 Å². The number of likely N-dealkylation sites (tertiary alicyclic amines) is 1. The second kappa shape index (κ2) is 4.81. The molecule has 0 unspecified atom stereocenters. The van der Waals surface area contributed by atoms with Gasteiger partial charge < -0.3 is 9.42 Å². The highest BCUT2D eigenvalue weighted by Crippen LogP contribution is 2.26. The van der Waals surface area contributed by atoms with Gasteiger partial charge in [-0.15, -0.1) is 0 Å². The van der Waals surface area contributed by atoms with Crippen LogP contribution >= 0.6 is 0 Å². The molecule has 94 valence electrons. The van der Waals surface area contributed by atoms with Crippen LogP contribution in [0, 0.1) is 0 Å². The van der Waals surface area contributed by atoms with E-state index in [0.29, 0.717) is 23.3 Å². The van der Waals surface area contributed by atoms with Crippen LogP contribution < -0.4 is 0 Å². The van der Waals surface area contributed by atoms with Gasteiger partial charge in [0.1, 0.15) is 5.69 Å². The number of aromatic nitrogens is 4. The Hall–Kier alpha value is -1.82. The van der Waals surface area contributed by atoms with Gasteiger partial charge in [0.25, 0.3) is 0 Å². The highest BCUT2D eigenvalue weighted by atomic mass is 16.5. The fraction of sp³-hybridized carbons (Fsp3) is 0.500. The first-order valence-electron chi connectivity index (χ1n) is 6.19. The van der Waals surface area contributed by atoms with Crippen LogP contribution in [0.1, 0.15) is 25.2 Å². The molecular formula is C12H15N5O. The molecule has 0 radical (unpaired) electrons. The molecule has 1 aliphatic heterocycles. The maximum Gasteiger partial charge on any atom is 0.232 e. The van der Waals surface area contributed by atoms with Crippen molar-refractivity contribution in [2.75, 3.05) is 19.6 Å². The molecule has 0 N–H and O–H groups in total. The summed E-state index contributed by atoms with van der Waals surface area (Å²) in [5.74, 6) is 1.60. The third-order valence-corrected chi connectivity index (χ3v) is 3.08. The predicted octanol–water partition coefficient (Wildman–Crippen LogP) is 1.34. The van der Waals surface area contributed by atoms with Gasteiger partial charge in [-0.2, -0.15) is 4.98 Å². The molecule has 0 spiro atoms. The Morgan fingerprint density at radius 2 is 2.28 bits per heavy atom. The molecule has 6 nitrogen and oxygen atoms in total. The molecule has 1 fully saturated rings. The summed E-state index contributed by atoms with van der Waals surface area (Å²) in [6, 6.07) is 0. The first-order valence-corrected chi connectivity index (χ1v) is 6.19. The van der Waals surface area contributed by atoms with E-state index in [2.05, 4.69) is 31.9 Å². The third kappa shape index (κ3) is 2.11. The number of nitrogens with zero attached hydrogens (tertiary/aromatic N) is 5. The Morgan fingerprint density at radius 3 is 3.00 bits per heavy atom. The smallest absolute Gasteiger partial charge is 0.232 e. The topological polar surface area (TPSA) is 67.9 Å². The van der Waals surface area contributed by atoms with Crippen molar-refractivity contribution >= 4 is 0 Å². The Balaban J connectivity index is 1.68. The van der Waals surface area contributed by atoms with E-state index in [4.69, 9.17) is 4.52 Å². The molecule has 2 aromatic rings. The summed E-state index contributed by atoms with van der Waals surface area (Å²) in [5.41, 5.74) is 0.650. The zero-order chi connectivity index (χ0) is 12.4. The van der Waals surface area contributed by atoms with E-state index in [1.165, 1.54) is 6.42 Å². The predicted molar refractivity (Wildman–Crippen MR) is 64.8 cm³/mol. The summed E-state index contributed by atoms with van der Waals surface area (Å²) in [6.45, 7) is 5.35. The van der Waals surface area contributed by atoms with Crippen LogP contribution in [0.2, 0.25) is 0 Å². The molecule has 3 rings (SSSR count). The van der Waals surface area contributed by atoms with Crippen LogP contribution in [0.5, 0.6) is 0 Å². The van der Waals surface area contributed by atoms with Gasteiger partial charge in [-0.1, -0.05) is 12.1 Å². The molecular weight excluding hydrogens is 230 g/mol. The molecule has 0 saturated carbocycles. The van der Waals surface area contributed by atoms with Crippen molar-refractivity contribution in [2.45, 2.75) is 19.3 Å². The third-order valence-electron chi connectivity index (χ3n) is 3.08. The SMILES string of the molecule is CCCN1CC(c2nc(-c3cnccn3)no2)C1. The van der Waals surface area contributed by atoms with Gasteiger partial charge in [-0.25, -0.2) is 4.98 Å². The molecule has 0 bridgehead atoms. The molecule has 3 heterocycles. The molecule has 0 atom stereocenters. The Kier molecular flexibility index (Phi) is 3.02. The standard InChI is InChI=1S/C12H15N5O/c1-2-5-17-7-9(8-17)12-15-11(16-18-12)10-6-13-3-4-14-10/h3-4,6,9H,2,5,7-8H2,1H3. The second-order valence-electron chi connectivity index (χ2n) is 4.50. The fourth-order valence-corrected chi connectivity index (χ4v) is 2.14. The van der Waals surface area contributed by atoms with E-state index in [0.717, 1.165) is 19.6 Å². The lowest BCUT2D eigenvalue weighted by Gasteiger charge is -2.36. The molecule has 0 aromatic carbocycles. The summed E-state index contributed by atoms with van der Waals surface area (Å²) in [7, 11) is 0. The van der Waals surface area contributed by atoms with Gasteiger partial charge in [-0.05, 0) is 13.0 Å². The first-order chi connectivity index (χ1) is 8.86. The zero-order valence-corrected chi connectivity index (χ0v) is 10.3. The lowest BCUT2D eigenvalue weighted by atomic mass is 10.00. The van der Waals surface area contributed by atoms with E-state index in [9.17, 15) is 0 Å². The minimum atomic E-state index is 0.370. The summed E-state index contributed by atoms with van der Waals surface area (Å²) in [4.78, 5) is 14.9. The van der Waals surface area contributed by atoms with Crippen molar-refractivity contribution in [1.29, 1.82) is 0 Å². The Labute approximate surface area is 105 Å². The molecule has 2 aromatic heterocycles. The van der Waals surface area contributed by atoms with Crippen LogP contribution in [0.25, 0.3) is 11.5 Å². The summed E-state index contributed by atoms with van der Waals surface area (Å²) in [5, 5.41) is 3.95. The summed E-state index contributed by atoms with van der Waals surface area (Å²) >= 11 is 0. The molecule has 0 amide bonds. The van der Waals surface area contributed by atoms with Crippen LogP contribution in [0.3, 0.4) is 0 Å². The minimum Gasteiger partial charge on any atom is -0.339 e. The highest BCUT2D eigenvalue weighted by Gasteiger charge is 2.31. The van der Waals surface area contributed by atoms with Crippen molar-refractivity contribution in [1.82, 2.24) is 25.0 Å². The van der Waals surface area contributed by atoms with Crippen LogP contribution in [-0.2, 0) is 0 Å². The minimum absolute atomic E-state index is 0.370. The largest absolute Gasteiger partial charge is 0.339 e. The van der Waals surface area contributed by atoms with E-state index in [-0.39, 0.29) is 0 Å². The van der Waals surface area contributed by atoms with E-state index >= 15 is 0 Å². The number of hydrogen-bond acceptors (Lipinski definition) is 6. The van der Waals surface area contributed by atoms with Crippen LogP contribution in [0.4, 0.5) is 0 Å². The van der Waals surface area contributed by atoms with Gasteiger partial charge in [0.15, 0.2) is 0 Å². The van der Waals surface area contributed by atoms with Crippen LogP contribution in [-0.4, -0.2) is 44.6 Å². The normalized spacial score (nSPS) is 16.7. The quantitative estimate of drug-likeness (QED) is 0.809. The fourth-order valence-electron chi connectivity index (χ4n) is 2.14. The van der Waals surface area contributed by atoms with Crippen molar-refractivity contribution in [3.63, 3.8) is 0 Å². The number of hydrogen-bond donors (Lipinski definition) is 0. The maximum absolute atomic E-state index is 5.29. The number of rotatable bonds is 4. The van der Waals surface area contributed by atoms with Gasteiger partial charge in [0, 0.05) is 25.5 Å². The lowest BCUT2D eigenvalue weighted by Crippen LogP contribution is -2.45. The molecule has 0 aliphatic carbocycles. The second-order valence-corrected chi connectivity index (χ2v) is 4.50. The molecule has 6 heteroatoms. The van der Waals surface area contributed by atoms with Crippen molar-refractivity contribution < 1.29 is 4.52 Å². The monoisotopic (exact) mass is 245 g/mol. The van der Waals surface area contributed by atoms with E-state index < -0.39 is 0 Å². The average Bonchev–Trinajstić information content (AvgIpc) is 2.83.